The molecule has 0 bridgehead atoms. The lowest BCUT2D eigenvalue weighted by Crippen LogP contribution is -2.26. The predicted octanol–water partition coefficient (Wildman–Crippen LogP) is 9.06. The van der Waals surface area contributed by atoms with Crippen molar-refractivity contribution in [3.63, 3.8) is 0 Å². The molecule has 1 heterocycles. The Bertz CT molecular complexity index is 1280. The number of aliphatic imine (C=N–C) groups is 1. The van der Waals surface area contributed by atoms with Crippen molar-refractivity contribution in [2.45, 2.75) is 46.6 Å². The van der Waals surface area contributed by atoms with E-state index in [-0.39, 0.29) is 12.0 Å². The van der Waals surface area contributed by atoms with Crippen molar-refractivity contribution in [1.29, 1.82) is 5.26 Å². The van der Waals surface area contributed by atoms with E-state index < -0.39 is 0 Å². The highest BCUT2D eigenvalue weighted by Gasteiger charge is 2.32. The Kier molecular flexibility index (Phi) is 7.60. The zero-order chi connectivity index (χ0) is 24.5. The van der Waals surface area contributed by atoms with E-state index in [9.17, 15) is 5.26 Å². The van der Waals surface area contributed by atoms with Gasteiger partial charge in [-0.05, 0) is 66.5 Å². The van der Waals surface area contributed by atoms with Crippen LogP contribution < -0.4 is 4.74 Å². The van der Waals surface area contributed by atoms with Crippen LogP contribution in [0.5, 0.6) is 5.75 Å². The molecule has 176 valence electrons. The van der Waals surface area contributed by atoms with Gasteiger partial charge in [-0.25, -0.2) is 4.99 Å². The number of fused-ring (bicyclic) bond motifs is 1. The SMILES string of the molecule is CC(C)(C)[C@@H]1CCc2c(sc(N=Cc3cc(Cl)ccc3OCc3ccc(Cl)cc3Cl)c2C#N)C1. The van der Waals surface area contributed by atoms with E-state index in [0.29, 0.717) is 32.3 Å². The number of thiophene rings is 1. The largest absolute Gasteiger partial charge is 0.488 e. The summed E-state index contributed by atoms with van der Waals surface area (Å²) in [4.78, 5) is 6.00. The first-order valence-electron chi connectivity index (χ1n) is 11.1. The lowest BCUT2D eigenvalue weighted by atomic mass is 9.72. The Hall–Kier alpha value is -2.03. The molecule has 1 aliphatic carbocycles. The van der Waals surface area contributed by atoms with E-state index in [4.69, 9.17) is 44.5 Å². The molecule has 7 heteroatoms. The maximum Gasteiger partial charge on any atom is 0.134 e. The molecule has 1 atom stereocenters. The average molecular weight is 532 g/mol. The normalized spacial score (nSPS) is 15.9. The predicted molar refractivity (Wildman–Crippen MR) is 144 cm³/mol. The van der Waals surface area contributed by atoms with Crippen LogP contribution in [0.4, 0.5) is 5.00 Å². The molecule has 0 aliphatic heterocycles. The number of nitrogens with zero attached hydrogens (tertiary/aromatic N) is 2. The maximum absolute atomic E-state index is 9.86. The molecule has 2 aromatic carbocycles. The van der Waals surface area contributed by atoms with Crippen LogP contribution in [-0.4, -0.2) is 6.21 Å². The van der Waals surface area contributed by atoms with Crippen molar-refractivity contribution < 1.29 is 4.74 Å². The topological polar surface area (TPSA) is 45.4 Å². The summed E-state index contributed by atoms with van der Waals surface area (Å²) >= 11 is 20.2. The van der Waals surface area contributed by atoms with Crippen LogP contribution in [0.15, 0.2) is 41.4 Å². The number of hydrogen-bond acceptors (Lipinski definition) is 4. The molecule has 4 rings (SSSR count). The molecular formula is C27H25Cl3N2OS. The fourth-order valence-corrected chi connectivity index (χ4v) is 6.06. The van der Waals surface area contributed by atoms with E-state index >= 15 is 0 Å². The summed E-state index contributed by atoms with van der Waals surface area (Å²) in [5.41, 5.74) is 3.68. The molecule has 0 spiro atoms. The van der Waals surface area contributed by atoms with Crippen molar-refractivity contribution >= 4 is 57.4 Å². The molecule has 3 aromatic rings. The van der Waals surface area contributed by atoms with Crippen molar-refractivity contribution in [2.75, 3.05) is 0 Å². The van der Waals surface area contributed by atoms with Crippen LogP contribution in [0.1, 0.15) is 54.3 Å². The van der Waals surface area contributed by atoms with Gasteiger partial charge in [0, 0.05) is 37.3 Å². The van der Waals surface area contributed by atoms with Gasteiger partial charge in [0.05, 0.1) is 5.56 Å². The van der Waals surface area contributed by atoms with Gasteiger partial charge >= 0.3 is 0 Å². The Labute approximate surface area is 220 Å². The van der Waals surface area contributed by atoms with E-state index in [1.165, 1.54) is 10.4 Å². The minimum absolute atomic E-state index is 0.248. The highest BCUT2D eigenvalue weighted by atomic mass is 35.5. The summed E-state index contributed by atoms with van der Waals surface area (Å²) in [6, 6.07) is 13.1. The van der Waals surface area contributed by atoms with Gasteiger partial charge in [0.2, 0.25) is 0 Å². The first kappa shape index (κ1) is 25.1. The minimum atomic E-state index is 0.248. The van der Waals surface area contributed by atoms with E-state index in [1.807, 2.05) is 12.1 Å². The number of halogens is 3. The monoisotopic (exact) mass is 530 g/mol. The summed E-state index contributed by atoms with van der Waals surface area (Å²) < 4.78 is 6.04. The van der Waals surface area contributed by atoms with Gasteiger partial charge < -0.3 is 4.74 Å². The second kappa shape index (κ2) is 10.3. The van der Waals surface area contributed by atoms with Crippen LogP contribution in [0, 0.1) is 22.7 Å². The van der Waals surface area contributed by atoms with Gasteiger partial charge in [-0.1, -0.05) is 61.6 Å². The van der Waals surface area contributed by atoms with Crippen LogP contribution in [0.3, 0.4) is 0 Å². The van der Waals surface area contributed by atoms with Crippen LogP contribution in [0.2, 0.25) is 15.1 Å². The van der Waals surface area contributed by atoms with Crippen molar-refractivity contribution in [3.8, 4) is 11.8 Å². The summed E-state index contributed by atoms with van der Waals surface area (Å²) in [7, 11) is 0. The summed E-state index contributed by atoms with van der Waals surface area (Å²) in [5, 5.41) is 12.3. The quantitative estimate of drug-likeness (QED) is 0.308. The minimum Gasteiger partial charge on any atom is -0.488 e. The Morgan fingerprint density at radius 2 is 1.88 bits per heavy atom. The molecule has 34 heavy (non-hydrogen) atoms. The molecule has 0 saturated heterocycles. The third-order valence-electron chi connectivity index (χ3n) is 6.27. The van der Waals surface area contributed by atoms with Crippen LogP contribution >= 0.6 is 46.1 Å². The number of hydrogen-bond donors (Lipinski definition) is 0. The van der Waals surface area contributed by atoms with Gasteiger partial charge in [0.25, 0.3) is 0 Å². The molecule has 0 radical (unpaired) electrons. The van der Waals surface area contributed by atoms with Crippen LogP contribution in [0.25, 0.3) is 0 Å². The molecular weight excluding hydrogens is 507 g/mol. The molecule has 3 nitrogen and oxygen atoms in total. The van der Waals surface area contributed by atoms with Gasteiger partial charge in [0.15, 0.2) is 0 Å². The van der Waals surface area contributed by atoms with E-state index in [2.05, 4.69) is 26.8 Å². The molecule has 0 amide bonds. The zero-order valence-electron chi connectivity index (χ0n) is 19.3. The van der Waals surface area contributed by atoms with Crippen molar-refractivity contribution in [1.82, 2.24) is 0 Å². The van der Waals surface area contributed by atoms with Gasteiger partial charge in [-0.2, -0.15) is 5.26 Å². The molecule has 0 fully saturated rings. The van der Waals surface area contributed by atoms with Crippen LogP contribution in [-0.2, 0) is 19.4 Å². The van der Waals surface area contributed by atoms with Crippen molar-refractivity contribution in [2.24, 2.45) is 16.3 Å². The number of ether oxygens (including phenoxy) is 1. The lowest BCUT2D eigenvalue weighted by Gasteiger charge is -2.33. The highest BCUT2D eigenvalue weighted by Crippen LogP contribution is 2.45. The first-order chi connectivity index (χ1) is 16.2. The Balaban J connectivity index is 1.59. The third-order valence-corrected chi connectivity index (χ3v) is 8.26. The second-order valence-electron chi connectivity index (χ2n) is 9.57. The Morgan fingerprint density at radius 3 is 2.59 bits per heavy atom. The molecule has 1 aliphatic rings. The molecule has 0 saturated carbocycles. The average Bonchev–Trinajstić information content (AvgIpc) is 3.14. The molecule has 0 N–H and O–H groups in total. The number of nitriles is 1. The van der Waals surface area contributed by atoms with E-state index in [0.717, 1.165) is 35.4 Å². The van der Waals surface area contributed by atoms with Gasteiger partial charge in [-0.15, -0.1) is 11.3 Å². The second-order valence-corrected chi connectivity index (χ2v) is 11.9. The fourth-order valence-electron chi connectivity index (χ4n) is 4.19. The highest BCUT2D eigenvalue weighted by molar-refractivity contribution is 7.16. The van der Waals surface area contributed by atoms with Gasteiger partial charge in [-0.3, -0.25) is 0 Å². The summed E-state index contributed by atoms with van der Waals surface area (Å²) in [6.07, 6.45) is 4.76. The zero-order valence-corrected chi connectivity index (χ0v) is 22.4. The van der Waals surface area contributed by atoms with Gasteiger partial charge in [0.1, 0.15) is 23.4 Å². The Morgan fingerprint density at radius 1 is 1.15 bits per heavy atom. The smallest absolute Gasteiger partial charge is 0.134 e. The fraction of sp³-hybridized carbons (Fsp3) is 0.333. The molecule has 0 unspecified atom stereocenters. The number of rotatable bonds is 5. The first-order valence-corrected chi connectivity index (χ1v) is 13.1. The summed E-state index contributed by atoms with van der Waals surface area (Å²) in [5.74, 6) is 1.24. The summed E-state index contributed by atoms with van der Waals surface area (Å²) in [6.45, 7) is 7.15. The molecule has 1 aromatic heterocycles. The van der Waals surface area contributed by atoms with E-state index in [1.54, 1.807) is 41.8 Å². The lowest BCUT2D eigenvalue weighted by molar-refractivity contribution is 0.218. The maximum atomic E-state index is 9.86. The number of benzene rings is 2. The third kappa shape index (κ3) is 5.61. The van der Waals surface area contributed by atoms with Crippen molar-refractivity contribution in [3.05, 3.63) is 78.6 Å². The standard InChI is InChI=1S/C27H25Cl3N2OS/c1-27(2,3)18-5-8-21-22(13-31)26(34-25(21)11-18)32-14-17-10-19(28)7-9-24(17)33-15-16-4-6-20(29)12-23(16)30/h4,6-7,9-10,12,14,18H,5,8,11,15H2,1-3H3/t18-/m1/s1.